The van der Waals surface area contributed by atoms with Gasteiger partial charge in [-0.3, -0.25) is 4.79 Å². The normalized spacial score (nSPS) is 23.7. The molecule has 4 nitrogen and oxygen atoms in total. The molecule has 1 saturated carbocycles. The number of hydrogen-bond donors (Lipinski definition) is 1. The van der Waals surface area contributed by atoms with E-state index in [-0.39, 0.29) is 11.9 Å². The Hall–Kier alpha value is -1.81. The van der Waals surface area contributed by atoms with Gasteiger partial charge in [-0.1, -0.05) is 18.2 Å². The third kappa shape index (κ3) is 1.89. The van der Waals surface area contributed by atoms with E-state index < -0.39 is 5.60 Å². The van der Waals surface area contributed by atoms with Gasteiger partial charge in [0, 0.05) is 30.7 Å². The lowest BCUT2D eigenvalue weighted by atomic mass is 10.1. The van der Waals surface area contributed by atoms with E-state index in [2.05, 4.69) is 0 Å². The molecule has 1 aliphatic carbocycles. The number of aryl methyl sites for hydroxylation is 1. The van der Waals surface area contributed by atoms with Crippen LogP contribution in [0.4, 0.5) is 0 Å². The van der Waals surface area contributed by atoms with E-state index in [1.54, 1.807) is 0 Å². The maximum atomic E-state index is 13.0. The van der Waals surface area contributed by atoms with E-state index in [0.29, 0.717) is 0 Å². The van der Waals surface area contributed by atoms with Crippen molar-refractivity contribution in [1.82, 2.24) is 9.47 Å². The van der Waals surface area contributed by atoms with Crippen molar-refractivity contribution < 1.29 is 9.90 Å². The van der Waals surface area contributed by atoms with Gasteiger partial charge in [-0.25, -0.2) is 0 Å². The number of nitrogens with zero attached hydrogens (tertiary/aromatic N) is 2. The average Bonchev–Trinajstić information content (AvgIpc) is 2.93. The molecule has 1 aliphatic heterocycles. The van der Waals surface area contributed by atoms with Gasteiger partial charge in [0.15, 0.2) is 0 Å². The molecule has 4 rings (SSSR count). The molecule has 0 spiro atoms. The van der Waals surface area contributed by atoms with Crippen LogP contribution in [0.3, 0.4) is 0 Å². The number of para-hydroxylation sites is 1. The zero-order valence-corrected chi connectivity index (χ0v) is 12.2. The summed E-state index contributed by atoms with van der Waals surface area (Å²) in [7, 11) is 1.97. The molecule has 0 bridgehead atoms. The van der Waals surface area contributed by atoms with Crippen LogP contribution in [-0.4, -0.2) is 38.7 Å². The van der Waals surface area contributed by atoms with E-state index in [9.17, 15) is 9.90 Å². The summed E-state index contributed by atoms with van der Waals surface area (Å²) in [6, 6.07) is 7.99. The monoisotopic (exact) mass is 284 g/mol. The van der Waals surface area contributed by atoms with E-state index >= 15 is 0 Å². The average molecular weight is 284 g/mol. The summed E-state index contributed by atoms with van der Waals surface area (Å²) in [6.45, 7) is 0.759. The first kappa shape index (κ1) is 12.9. The molecule has 2 fully saturated rings. The Balaban J connectivity index is 1.73. The largest absolute Gasteiger partial charge is 0.388 e. The molecule has 2 heterocycles. The number of fused-ring (bicyclic) bond motifs is 1. The Morgan fingerprint density at radius 2 is 2.10 bits per heavy atom. The van der Waals surface area contributed by atoms with Crippen LogP contribution in [0.5, 0.6) is 0 Å². The number of aliphatic hydroxyl groups is 1. The van der Waals surface area contributed by atoms with E-state index in [1.807, 2.05) is 47.0 Å². The fourth-order valence-electron chi connectivity index (χ4n) is 3.70. The fraction of sp³-hybridized carbons (Fsp3) is 0.471. The number of rotatable bonds is 2. The standard InChI is InChI=1S/C17H20N2O2/c1-18-11-13(12-5-2-3-6-14(12)18)16(20)19-10-4-7-15(19)17(21)8-9-17/h2-3,5-6,11,15,21H,4,7-10H2,1H3. The maximum Gasteiger partial charge on any atom is 0.256 e. The van der Waals surface area contributed by atoms with Crippen molar-refractivity contribution in [2.24, 2.45) is 7.05 Å². The van der Waals surface area contributed by atoms with Crippen LogP contribution in [0.15, 0.2) is 30.5 Å². The van der Waals surface area contributed by atoms with Crippen molar-refractivity contribution >= 4 is 16.8 Å². The van der Waals surface area contributed by atoms with Crippen molar-refractivity contribution in [3.05, 3.63) is 36.0 Å². The molecule has 1 saturated heterocycles. The number of benzene rings is 1. The fourth-order valence-corrected chi connectivity index (χ4v) is 3.70. The number of carbonyl (C=O) groups is 1. The molecule has 110 valence electrons. The number of aromatic nitrogens is 1. The van der Waals surface area contributed by atoms with Crippen LogP contribution in [0.1, 0.15) is 36.0 Å². The zero-order chi connectivity index (χ0) is 14.6. The Labute approximate surface area is 124 Å². The summed E-state index contributed by atoms with van der Waals surface area (Å²) in [4.78, 5) is 14.9. The molecular formula is C17H20N2O2. The van der Waals surface area contributed by atoms with Crippen LogP contribution in [0, 0.1) is 0 Å². The van der Waals surface area contributed by atoms with Crippen molar-refractivity contribution in [2.75, 3.05) is 6.54 Å². The molecule has 1 amide bonds. The summed E-state index contributed by atoms with van der Waals surface area (Å²) in [6.07, 6.45) is 5.49. The van der Waals surface area contributed by atoms with E-state index in [4.69, 9.17) is 0 Å². The van der Waals surface area contributed by atoms with Gasteiger partial charge in [0.2, 0.25) is 0 Å². The first-order valence-corrected chi connectivity index (χ1v) is 7.67. The highest BCUT2D eigenvalue weighted by Gasteiger charge is 2.52. The van der Waals surface area contributed by atoms with Crippen LogP contribution in [0.25, 0.3) is 10.9 Å². The first-order valence-electron chi connectivity index (χ1n) is 7.67. The highest BCUT2D eigenvalue weighted by molar-refractivity contribution is 6.07. The molecule has 2 aliphatic rings. The third-order valence-corrected chi connectivity index (χ3v) is 5.02. The predicted octanol–water partition coefficient (Wildman–Crippen LogP) is 2.31. The molecular weight excluding hydrogens is 264 g/mol. The van der Waals surface area contributed by atoms with Crippen molar-refractivity contribution in [2.45, 2.75) is 37.3 Å². The minimum Gasteiger partial charge on any atom is -0.388 e. The number of carbonyl (C=O) groups excluding carboxylic acids is 1. The van der Waals surface area contributed by atoms with E-state index in [1.165, 1.54) is 0 Å². The highest BCUT2D eigenvalue weighted by Crippen LogP contribution is 2.45. The third-order valence-electron chi connectivity index (χ3n) is 5.02. The zero-order valence-electron chi connectivity index (χ0n) is 12.2. The van der Waals surface area contributed by atoms with Gasteiger partial charge < -0.3 is 14.6 Å². The Bertz CT molecular complexity index is 715. The lowest BCUT2D eigenvalue weighted by Gasteiger charge is -2.28. The second kappa shape index (κ2) is 4.34. The van der Waals surface area contributed by atoms with Gasteiger partial charge in [-0.05, 0) is 31.7 Å². The highest BCUT2D eigenvalue weighted by atomic mass is 16.3. The summed E-state index contributed by atoms with van der Waals surface area (Å²) in [5.41, 5.74) is 1.21. The smallest absolute Gasteiger partial charge is 0.256 e. The van der Waals surface area contributed by atoms with Crippen molar-refractivity contribution in [3.8, 4) is 0 Å². The molecule has 0 radical (unpaired) electrons. The van der Waals surface area contributed by atoms with Gasteiger partial charge in [0.05, 0.1) is 17.2 Å². The van der Waals surface area contributed by atoms with Crippen LogP contribution >= 0.6 is 0 Å². The molecule has 2 aromatic rings. The topological polar surface area (TPSA) is 45.5 Å². The van der Waals surface area contributed by atoms with Crippen LogP contribution in [0.2, 0.25) is 0 Å². The predicted molar refractivity (Wildman–Crippen MR) is 81.2 cm³/mol. The molecule has 1 atom stereocenters. The molecule has 1 N–H and O–H groups in total. The lowest BCUT2D eigenvalue weighted by molar-refractivity contribution is 0.0387. The minimum atomic E-state index is -0.614. The van der Waals surface area contributed by atoms with Gasteiger partial charge in [-0.2, -0.15) is 0 Å². The van der Waals surface area contributed by atoms with Gasteiger partial charge >= 0.3 is 0 Å². The van der Waals surface area contributed by atoms with E-state index in [0.717, 1.165) is 48.7 Å². The SMILES string of the molecule is Cn1cc(C(=O)N2CCCC2C2(O)CC2)c2ccccc21. The number of likely N-dealkylation sites (tertiary alicyclic amines) is 1. The lowest BCUT2D eigenvalue weighted by Crippen LogP contribution is -2.44. The Morgan fingerprint density at radius 3 is 2.86 bits per heavy atom. The second-order valence-corrected chi connectivity index (χ2v) is 6.43. The first-order chi connectivity index (χ1) is 10.1. The molecule has 1 unspecified atom stereocenters. The quantitative estimate of drug-likeness (QED) is 0.920. The number of hydrogen-bond acceptors (Lipinski definition) is 2. The summed E-state index contributed by atoms with van der Waals surface area (Å²) < 4.78 is 2.00. The maximum absolute atomic E-state index is 13.0. The van der Waals surface area contributed by atoms with Crippen molar-refractivity contribution in [3.63, 3.8) is 0 Å². The summed E-state index contributed by atoms with van der Waals surface area (Å²) >= 11 is 0. The summed E-state index contributed by atoms with van der Waals surface area (Å²) in [5.74, 6) is 0.0645. The Kier molecular flexibility index (Phi) is 2.67. The summed E-state index contributed by atoms with van der Waals surface area (Å²) in [5, 5.41) is 11.4. The van der Waals surface area contributed by atoms with Gasteiger partial charge in [0.1, 0.15) is 0 Å². The van der Waals surface area contributed by atoms with Crippen LogP contribution in [-0.2, 0) is 7.05 Å². The second-order valence-electron chi connectivity index (χ2n) is 6.43. The minimum absolute atomic E-state index is 0.00367. The van der Waals surface area contributed by atoms with Gasteiger partial charge in [0.25, 0.3) is 5.91 Å². The molecule has 4 heteroatoms. The number of amides is 1. The van der Waals surface area contributed by atoms with Crippen molar-refractivity contribution in [1.29, 1.82) is 0 Å². The van der Waals surface area contributed by atoms with Gasteiger partial charge in [-0.15, -0.1) is 0 Å². The van der Waals surface area contributed by atoms with Crippen LogP contribution < -0.4 is 0 Å². The molecule has 1 aromatic carbocycles. The molecule has 1 aromatic heterocycles. The molecule has 21 heavy (non-hydrogen) atoms. The Morgan fingerprint density at radius 1 is 1.33 bits per heavy atom.